The van der Waals surface area contributed by atoms with E-state index in [0.717, 1.165) is 10.6 Å². The van der Waals surface area contributed by atoms with E-state index >= 15 is 0 Å². The number of nitrogens with one attached hydrogen (secondary N) is 1. The number of hydrogen-bond acceptors (Lipinski definition) is 4. The monoisotopic (exact) mass is 280 g/mol. The van der Waals surface area contributed by atoms with Crippen molar-refractivity contribution in [3.63, 3.8) is 0 Å². The van der Waals surface area contributed by atoms with E-state index in [2.05, 4.69) is 5.32 Å². The molecule has 0 aliphatic heterocycles. The number of amides is 1. The Morgan fingerprint density at radius 3 is 2.33 bits per heavy atom. The molecule has 1 amide bonds. The molecule has 0 aromatic carbocycles. The second-order valence-corrected chi connectivity index (χ2v) is 6.18. The fourth-order valence-corrected chi connectivity index (χ4v) is 2.25. The molecule has 0 aliphatic carbocycles. The van der Waals surface area contributed by atoms with E-state index in [-0.39, 0.29) is 19.0 Å². The van der Waals surface area contributed by atoms with Crippen molar-refractivity contribution in [3.05, 3.63) is 0 Å². The van der Waals surface area contributed by atoms with Crippen LogP contribution in [-0.2, 0) is 19.6 Å². The standard InChI is InChI=1S/C10H20N2O5S/c1-8(10(14)15)7-12(18(3,16)17)6-4-5-11-9(2)13/h8H,4-7H2,1-3H3,(H,11,13)(H,14,15). The summed E-state index contributed by atoms with van der Waals surface area (Å²) in [6.45, 7) is 3.32. The van der Waals surface area contributed by atoms with Gasteiger partial charge in [0.2, 0.25) is 15.9 Å². The third kappa shape index (κ3) is 7.23. The Hall–Kier alpha value is -1.15. The van der Waals surface area contributed by atoms with E-state index in [1.807, 2.05) is 0 Å². The zero-order valence-electron chi connectivity index (χ0n) is 10.8. The molecule has 0 radical (unpaired) electrons. The first-order valence-corrected chi connectivity index (χ1v) is 7.41. The van der Waals surface area contributed by atoms with E-state index in [1.54, 1.807) is 0 Å². The number of nitrogens with zero attached hydrogens (tertiary/aromatic N) is 1. The number of rotatable bonds is 8. The average molecular weight is 280 g/mol. The summed E-state index contributed by atoms with van der Waals surface area (Å²) in [7, 11) is -3.44. The molecule has 1 atom stereocenters. The molecule has 0 bridgehead atoms. The van der Waals surface area contributed by atoms with E-state index in [4.69, 9.17) is 5.11 Å². The molecule has 0 rings (SSSR count). The van der Waals surface area contributed by atoms with Gasteiger partial charge in [-0.25, -0.2) is 12.7 Å². The topological polar surface area (TPSA) is 104 Å². The van der Waals surface area contributed by atoms with Gasteiger partial charge < -0.3 is 10.4 Å². The number of carboxylic acids is 1. The van der Waals surface area contributed by atoms with Gasteiger partial charge in [-0.1, -0.05) is 6.92 Å². The average Bonchev–Trinajstić information content (AvgIpc) is 2.19. The van der Waals surface area contributed by atoms with Gasteiger partial charge in [0.15, 0.2) is 0 Å². The molecular formula is C10H20N2O5S. The van der Waals surface area contributed by atoms with Gasteiger partial charge in [0.05, 0.1) is 12.2 Å². The molecule has 0 saturated heterocycles. The second kappa shape index (κ2) is 7.32. The van der Waals surface area contributed by atoms with Crippen LogP contribution >= 0.6 is 0 Å². The van der Waals surface area contributed by atoms with Crippen molar-refractivity contribution in [1.82, 2.24) is 9.62 Å². The van der Waals surface area contributed by atoms with Crippen LogP contribution in [0.1, 0.15) is 20.3 Å². The Morgan fingerprint density at radius 1 is 1.39 bits per heavy atom. The normalized spacial score (nSPS) is 13.3. The number of sulfonamides is 1. The molecule has 7 nitrogen and oxygen atoms in total. The maximum absolute atomic E-state index is 11.5. The minimum atomic E-state index is -3.44. The highest BCUT2D eigenvalue weighted by molar-refractivity contribution is 7.88. The SMILES string of the molecule is CC(=O)NCCCN(CC(C)C(=O)O)S(C)(=O)=O. The Labute approximate surface area is 107 Å². The van der Waals surface area contributed by atoms with Crippen LogP contribution in [0.3, 0.4) is 0 Å². The van der Waals surface area contributed by atoms with Crippen LogP contribution in [0.4, 0.5) is 0 Å². The van der Waals surface area contributed by atoms with Crippen LogP contribution < -0.4 is 5.32 Å². The summed E-state index contributed by atoms with van der Waals surface area (Å²) < 4.78 is 24.0. The van der Waals surface area contributed by atoms with Crippen LogP contribution in [0, 0.1) is 5.92 Å². The van der Waals surface area contributed by atoms with Crippen molar-refractivity contribution in [1.29, 1.82) is 0 Å². The van der Waals surface area contributed by atoms with Gasteiger partial charge in [-0.3, -0.25) is 9.59 Å². The lowest BCUT2D eigenvalue weighted by molar-refractivity contribution is -0.141. The van der Waals surface area contributed by atoms with Gasteiger partial charge in [0, 0.05) is 26.6 Å². The summed E-state index contributed by atoms with van der Waals surface area (Å²) in [4.78, 5) is 21.3. The van der Waals surface area contributed by atoms with Crippen molar-refractivity contribution in [3.8, 4) is 0 Å². The molecule has 0 aromatic rings. The minimum absolute atomic E-state index is 0.0613. The highest BCUT2D eigenvalue weighted by Crippen LogP contribution is 2.06. The van der Waals surface area contributed by atoms with Gasteiger partial charge in [0.25, 0.3) is 0 Å². The zero-order valence-corrected chi connectivity index (χ0v) is 11.7. The highest BCUT2D eigenvalue weighted by atomic mass is 32.2. The van der Waals surface area contributed by atoms with Gasteiger partial charge in [0.1, 0.15) is 0 Å². The first-order chi connectivity index (χ1) is 8.14. The predicted octanol–water partition coefficient (Wildman–Crippen LogP) is -0.505. The number of carboxylic acid groups (broad SMARTS) is 1. The van der Waals surface area contributed by atoms with E-state index in [0.29, 0.717) is 13.0 Å². The molecular weight excluding hydrogens is 260 g/mol. The maximum Gasteiger partial charge on any atom is 0.307 e. The van der Waals surface area contributed by atoms with E-state index < -0.39 is 21.9 Å². The number of carbonyl (C=O) groups excluding carboxylic acids is 1. The smallest absolute Gasteiger partial charge is 0.307 e. The highest BCUT2D eigenvalue weighted by Gasteiger charge is 2.22. The van der Waals surface area contributed by atoms with Gasteiger partial charge in [-0.2, -0.15) is 0 Å². The molecule has 8 heteroatoms. The van der Waals surface area contributed by atoms with E-state index in [9.17, 15) is 18.0 Å². The molecule has 0 saturated carbocycles. The van der Waals surface area contributed by atoms with Crippen molar-refractivity contribution in [2.75, 3.05) is 25.9 Å². The number of carbonyl (C=O) groups is 2. The van der Waals surface area contributed by atoms with E-state index in [1.165, 1.54) is 13.8 Å². The largest absolute Gasteiger partial charge is 0.481 e. The number of aliphatic carboxylic acids is 1. The third-order valence-corrected chi connectivity index (χ3v) is 3.60. The van der Waals surface area contributed by atoms with Crippen LogP contribution in [0.15, 0.2) is 0 Å². The Morgan fingerprint density at radius 2 is 1.94 bits per heavy atom. The summed E-state index contributed by atoms with van der Waals surface area (Å²) in [6.07, 6.45) is 1.49. The molecule has 0 fully saturated rings. The van der Waals surface area contributed by atoms with Crippen molar-refractivity contribution < 1.29 is 23.1 Å². The fraction of sp³-hybridized carbons (Fsp3) is 0.800. The van der Waals surface area contributed by atoms with Gasteiger partial charge in [-0.05, 0) is 6.42 Å². The summed E-state index contributed by atoms with van der Waals surface area (Å²) in [5.74, 6) is -1.98. The molecule has 0 heterocycles. The Bertz CT molecular complexity index is 393. The predicted molar refractivity (Wildman–Crippen MR) is 66.5 cm³/mol. The van der Waals surface area contributed by atoms with Crippen LogP contribution in [-0.4, -0.2) is 55.6 Å². The lowest BCUT2D eigenvalue weighted by Gasteiger charge is -2.21. The molecule has 0 aromatic heterocycles. The molecule has 2 N–H and O–H groups in total. The minimum Gasteiger partial charge on any atom is -0.481 e. The molecule has 106 valence electrons. The molecule has 1 unspecified atom stereocenters. The quantitative estimate of drug-likeness (QED) is 0.583. The third-order valence-electron chi connectivity index (χ3n) is 2.33. The molecule has 0 spiro atoms. The summed E-state index contributed by atoms with van der Waals surface area (Å²) in [5.41, 5.74) is 0. The first-order valence-electron chi connectivity index (χ1n) is 5.57. The zero-order chi connectivity index (χ0) is 14.3. The summed E-state index contributed by atoms with van der Waals surface area (Å²) in [6, 6.07) is 0. The molecule has 0 aliphatic rings. The van der Waals surface area contributed by atoms with Crippen molar-refractivity contribution in [2.45, 2.75) is 20.3 Å². The lowest BCUT2D eigenvalue weighted by Crippen LogP contribution is -2.38. The fourth-order valence-electron chi connectivity index (χ4n) is 1.30. The Kier molecular flexibility index (Phi) is 6.85. The Balaban J connectivity index is 4.35. The summed E-state index contributed by atoms with van der Waals surface area (Å²) in [5, 5.41) is 11.3. The van der Waals surface area contributed by atoms with Crippen LogP contribution in [0.2, 0.25) is 0 Å². The van der Waals surface area contributed by atoms with Crippen LogP contribution in [0.25, 0.3) is 0 Å². The van der Waals surface area contributed by atoms with Gasteiger partial charge >= 0.3 is 5.97 Å². The van der Waals surface area contributed by atoms with Crippen LogP contribution in [0.5, 0.6) is 0 Å². The van der Waals surface area contributed by atoms with Gasteiger partial charge in [-0.15, -0.1) is 0 Å². The van der Waals surface area contributed by atoms with Crippen molar-refractivity contribution >= 4 is 21.9 Å². The maximum atomic E-state index is 11.5. The van der Waals surface area contributed by atoms with Crippen molar-refractivity contribution in [2.24, 2.45) is 5.92 Å². The second-order valence-electron chi connectivity index (χ2n) is 4.20. The first kappa shape index (κ1) is 16.9. The number of hydrogen-bond donors (Lipinski definition) is 2. The molecule has 18 heavy (non-hydrogen) atoms. The summed E-state index contributed by atoms with van der Waals surface area (Å²) >= 11 is 0. The lowest BCUT2D eigenvalue weighted by atomic mass is 10.2.